The van der Waals surface area contributed by atoms with Crippen molar-refractivity contribution in [3.05, 3.63) is 12.2 Å². The van der Waals surface area contributed by atoms with E-state index in [-0.39, 0.29) is 19.4 Å². The van der Waals surface area contributed by atoms with E-state index in [1.165, 1.54) is 225 Å². The van der Waals surface area contributed by atoms with E-state index in [9.17, 15) is 24.2 Å². The van der Waals surface area contributed by atoms with Gasteiger partial charge in [0.15, 0.2) is 6.10 Å². The number of hydrogen-bond acceptors (Lipinski definition) is 9. The van der Waals surface area contributed by atoms with Crippen LogP contribution in [0.1, 0.15) is 296 Å². The number of aliphatic hydroxyl groups is 2. The first-order valence-corrected chi connectivity index (χ1v) is 30.1. The Morgan fingerprint density at radius 1 is 0.433 bits per heavy atom. The van der Waals surface area contributed by atoms with Crippen LogP contribution in [0.4, 0.5) is 0 Å². The van der Waals surface area contributed by atoms with Gasteiger partial charge in [0.2, 0.25) is 0 Å². The molecule has 0 aromatic rings. The minimum atomic E-state index is -4.63. The molecule has 0 aliphatic carbocycles. The Balaban J connectivity index is 4.09. The van der Waals surface area contributed by atoms with E-state index < -0.39 is 51.8 Å². The Morgan fingerprint density at radius 3 is 1.12 bits per heavy atom. The summed E-state index contributed by atoms with van der Waals surface area (Å²) in [6.45, 7) is 2.43. The van der Waals surface area contributed by atoms with Crippen molar-refractivity contribution in [1.29, 1.82) is 0 Å². The standard InChI is InChI=1S/C56H109O10P/c1-3-5-7-9-11-13-15-17-19-21-23-25-26-28-30-32-34-36-38-40-42-44-46-48-56(60)66-54(52-65-67(61,62)64-50-53(58)49-57)51-63-55(59)47-45-43-41-39-37-35-33-31-29-27-24-22-20-18-16-14-12-10-8-6-4-2/h40,42,53-54,57-58H,3-39,41,43-52H2,1-2H3,(H,61,62)/b42-40+/t53-,54+/m0/s1. The zero-order valence-electron chi connectivity index (χ0n) is 43.9. The van der Waals surface area contributed by atoms with Gasteiger partial charge in [-0.1, -0.05) is 264 Å². The summed E-state index contributed by atoms with van der Waals surface area (Å²) in [5.41, 5.74) is 0. The molecule has 0 aromatic heterocycles. The molecule has 0 saturated carbocycles. The van der Waals surface area contributed by atoms with Crippen LogP contribution in [0.5, 0.6) is 0 Å². The third-order valence-electron chi connectivity index (χ3n) is 12.9. The van der Waals surface area contributed by atoms with Gasteiger partial charge in [0, 0.05) is 12.8 Å². The minimum Gasteiger partial charge on any atom is -0.462 e. The molecule has 0 amide bonds. The Bertz CT molecular complexity index is 1120. The molecule has 67 heavy (non-hydrogen) atoms. The van der Waals surface area contributed by atoms with E-state index in [0.29, 0.717) is 12.8 Å². The normalized spacial score (nSPS) is 13.6. The molecule has 0 saturated heterocycles. The summed E-state index contributed by atoms with van der Waals surface area (Å²) in [5.74, 6) is -0.941. The summed E-state index contributed by atoms with van der Waals surface area (Å²) in [5, 5.41) is 18.4. The van der Waals surface area contributed by atoms with Crippen LogP contribution in [0.3, 0.4) is 0 Å². The van der Waals surface area contributed by atoms with E-state index in [2.05, 4.69) is 26.0 Å². The van der Waals surface area contributed by atoms with Crippen molar-refractivity contribution < 1.29 is 47.8 Å². The highest BCUT2D eigenvalue weighted by Gasteiger charge is 2.27. The number of allylic oxidation sites excluding steroid dienone is 2. The molecule has 1 unspecified atom stereocenters. The Morgan fingerprint density at radius 2 is 0.746 bits per heavy atom. The van der Waals surface area contributed by atoms with Crippen LogP contribution in [0.25, 0.3) is 0 Å². The number of aliphatic hydroxyl groups excluding tert-OH is 2. The third kappa shape index (κ3) is 52.4. The molecule has 3 N–H and O–H groups in total. The average Bonchev–Trinajstić information content (AvgIpc) is 3.32. The van der Waals surface area contributed by atoms with Crippen LogP contribution in [0, 0.1) is 0 Å². The molecule has 0 aliphatic heterocycles. The van der Waals surface area contributed by atoms with Gasteiger partial charge in [-0.3, -0.25) is 18.6 Å². The van der Waals surface area contributed by atoms with E-state index in [1.807, 2.05) is 0 Å². The van der Waals surface area contributed by atoms with Crippen molar-refractivity contribution in [2.24, 2.45) is 0 Å². The minimum absolute atomic E-state index is 0.142. The van der Waals surface area contributed by atoms with Crippen LogP contribution >= 0.6 is 7.82 Å². The molecule has 398 valence electrons. The van der Waals surface area contributed by atoms with Gasteiger partial charge in [0.25, 0.3) is 0 Å². The van der Waals surface area contributed by atoms with Crippen molar-refractivity contribution in [2.75, 3.05) is 26.4 Å². The van der Waals surface area contributed by atoms with Gasteiger partial charge >= 0.3 is 19.8 Å². The van der Waals surface area contributed by atoms with Crippen molar-refractivity contribution in [2.45, 2.75) is 309 Å². The van der Waals surface area contributed by atoms with Crippen molar-refractivity contribution in [3.8, 4) is 0 Å². The molecule has 0 fully saturated rings. The summed E-state index contributed by atoms with van der Waals surface area (Å²) in [6.07, 6.45) is 56.3. The summed E-state index contributed by atoms with van der Waals surface area (Å²) in [7, 11) is -4.63. The van der Waals surface area contributed by atoms with Crippen LogP contribution in [0.15, 0.2) is 12.2 Å². The number of carbonyl (C=O) groups is 2. The highest BCUT2D eigenvalue weighted by atomic mass is 31.2. The number of esters is 2. The lowest BCUT2D eigenvalue weighted by Gasteiger charge is -2.20. The fourth-order valence-corrected chi connectivity index (χ4v) is 9.32. The van der Waals surface area contributed by atoms with Gasteiger partial charge in [-0.25, -0.2) is 4.57 Å². The predicted octanol–water partition coefficient (Wildman–Crippen LogP) is 16.7. The Hall–Kier alpha value is -1.29. The highest BCUT2D eigenvalue weighted by Crippen LogP contribution is 2.43. The first-order chi connectivity index (χ1) is 32.7. The first kappa shape index (κ1) is 65.7. The van der Waals surface area contributed by atoms with Crippen LogP contribution < -0.4 is 0 Å². The van der Waals surface area contributed by atoms with E-state index in [0.717, 1.165) is 32.1 Å². The van der Waals surface area contributed by atoms with Crippen molar-refractivity contribution in [3.63, 3.8) is 0 Å². The molecular formula is C56H109O10P. The second kappa shape index (κ2) is 52.5. The fourth-order valence-electron chi connectivity index (χ4n) is 8.53. The molecule has 0 aliphatic rings. The summed E-state index contributed by atoms with van der Waals surface area (Å²) in [4.78, 5) is 35.3. The van der Waals surface area contributed by atoms with Gasteiger partial charge in [0.1, 0.15) is 12.7 Å². The van der Waals surface area contributed by atoms with Gasteiger partial charge in [0.05, 0.1) is 19.8 Å². The first-order valence-electron chi connectivity index (χ1n) is 28.6. The summed E-state index contributed by atoms with van der Waals surface area (Å²) in [6, 6.07) is 0. The Kier molecular flexibility index (Phi) is 51.5. The Labute approximate surface area is 413 Å². The van der Waals surface area contributed by atoms with Crippen LogP contribution in [-0.4, -0.2) is 65.7 Å². The van der Waals surface area contributed by atoms with Gasteiger partial charge in [-0.2, -0.15) is 0 Å². The lowest BCUT2D eigenvalue weighted by Crippen LogP contribution is -2.29. The summed E-state index contributed by atoms with van der Waals surface area (Å²) >= 11 is 0. The van der Waals surface area contributed by atoms with Gasteiger partial charge in [-0.05, 0) is 32.1 Å². The third-order valence-corrected chi connectivity index (χ3v) is 13.9. The molecule has 0 spiro atoms. The van der Waals surface area contributed by atoms with Crippen LogP contribution in [-0.2, 0) is 32.7 Å². The molecule has 0 heterocycles. The number of rotatable bonds is 55. The lowest BCUT2D eigenvalue weighted by atomic mass is 10.0. The average molecular weight is 973 g/mol. The van der Waals surface area contributed by atoms with Crippen LogP contribution in [0.2, 0.25) is 0 Å². The summed E-state index contributed by atoms with van der Waals surface area (Å²) < 4.78 is 32.9. The maximum absolute atomic E-state index is 12.7. The van der Waals surface area contributed by atoms with Gasteiger partial charge in [-0.15, -0.1) is 0 Å². The molecule has 0 radical (unpaired) electrons. The number of phosphoric acid groups is 1. The topological polar surface area (TPSA) is 149 Å². The zero-order chi connectivity index (χ0) is 49.0. The van der Waals surface area contributed by atoms with E-state index >= 15 is 0 Å². The number of carbonyl (C=O) groups excluding carboxylic acids is 2. The smallest absolute Gasteiger partial charge is 0.462 e. The monoisotopic (exact) mass is 973 g/mol. The maximum Gasteiger partial charge on any atom is 0.472 e. The molecule has 0 rings (SSSR count). The fraction of sp³-hybridized carbons (Fsp3) is 0.929. The lowest BCUT2D eigenvalue weighted by molar-refractivity contribution is -0.161. The molecular weight excluding hydrogens is 864 g/mol. The van der Waals surface area contributed by atoms with Crippen molar-refractivity contribution >= 4 is 19.8 Å². The maximum atomic E-state index is 12.7. The molecule has 0 bridgehead atoms. The number of ether oxygens (including phenoxy) is 2. The quantitative estimate of drug-likeness (QED) is 0.0233. The second-order valence-electron chi connectivity index (χ2n) is 19.7. The molecule has 11 heteroatoms. The van der Waals surface area contributed by atoms with E-state index in [4.69, 9.17) is 23.6 Å². The number of phosphoric ester groups is 1. The molecule has 3 atom stereocenters. The largest absolute Gasteiger partial charge is 0.472 e. The second-order valence-corrected chi connectivity index (χ2v) is 21.1. The SMILES string of the molecule is CCCCCCCCCCCCCCCCCCCC/C=C/CCCC(=O)O[C@H](COC(=O)CCCCCCCCCCCCCCCCCCCCCCC)COP(=O)(O)OC[C@@H](O)CO. The van der Waals surface area contributed by atoms with E-state index in [1.54, 1.807) is 0 Å². The number of unbranched alkanes of at least 4 members (excludes halogenated alkanes) is 39. The molecule has 10 nitrogen and oxygen atoms in total. The number of hydrogen-bond donors (Lipinski definition) is 3. The zero-order valence-corrected chi connectivity index (χ0v) is 44.8. The molecule has 0 aromatic carbocycles. The van der Waals surface area contributed by atoms with Crippen molar-refractivity contribution in [1.82, 2.24) is 0 Å². The predicted molar refractivity (Wildman–Crippen MR) is 279 cm³/mol. The van der Waals surface area contributed by atoms with Gasteiger partial charge < -0.3 is 24.6 Å². The highest BCUT2D eigenvalue weighted by molar-refractivity contribution is 7.47.